The molecule has 3 aromatic heterocycles. The van der Waals surface area contributed by atoms with Crippen molar-refractivity contribution in [2.75, 3.05) is 12.9 Å². The molecule has 4 rings (SSSR count). The van der Waals surface area contributed by atoms with Gasteiger partial charge in [0.1, 0.15) is 11.5 Å². The number of benzene rings is 1. The number of rotatable bonds is 7. The zero-order chi connectivity index (χ0) is 21.6. The van der Waals surface area contributed by atoms with Crippen molar-refractivity contribution in [1.82, 2.24) is 25.1 Å². The first kappa shape index (κ1) is 20.8. The molecule has 3 heterocycles. The largest absolute Gasteiger partial charge is 0.465 e. The number of imidazole rings is 1. The summed E-state index contributed by atoms with van der Waals surface area (Å²) in [6, 6.07) is 10.7. The monoisotopic (exact) mass is 451 g/mol. The van der Waals surface area contributed by atoms with Crippen LogP contribution in [0.25, 0.3) is 22.6 Å². The summed E-state index contributed by atoms with van der Waals surface area (Å²) in [5.41, 5.74) is 2.20. The molecule has 4 aromatic rings. The fraction of sp³-hybridized carbons (Fsp3) is 0.150. The lowest BCUT2D eigenvalue weighted by molar-refractivity contribution is 0.0601. The Morgan fingerprint density at radius 1 is 1.19 bits per heavy atom. The number of H-pyrrole nitrogens is 1. The number of nitrogens with one attached hydrogen (secondary N) is 1. The molecule has 1 N–H and O–H groups in total. The normalized spacial score (nSPS) is 11.2. The standard InChI is InChI=1S/C20H17N7O2S2/c1-3-30-20-27-26-19(31-20)25-24-17-15(13-8-4-5-9-14(13)18(28)29-2)22-16(23-17)12-7-6-10-21-11-12/h4-11H,3H2,1-2H3,(H,22,23)/b25-24+. The average Bonchev–Trinajstić information content (AvgIpc) is 3.45. The van der Waals surface area contributed by atoms with E-state index < -0.39 is 5.97 Å². The number of pyridine rings is 1. The quantitative estimate of drug-likeness (QED) is 0.230. The summed E-state index contributed by atoms with van der Waals surface area (Å²) in [5, 5.41) is 17.1. The van der Waals surface area contributed by atoms with E-state index in [4.69, 9.17) is 4.74 Å². The Kier molecular flexibility index (Phi) is 6.43. The van der Waals surface area contributed by atoms with E-state index in [-0.39, 0.29) is 0 Å². The van der Waals surface area contributed by atoms with Gasteiger partial charge in [-0.25, -0.2) is 9.78 Å². The predicted molar refractivity (Wildman–Crippen MR) is 119 cm³/mol. The van der Waals surface area contributed by atoms with Gasteiger partial charge < -0.3 is 9.72 Å². The summed E-state index contributed by atoms with van der Waals surface area (Å²) in [4.78, 5) is 24.3. The maximum absolute atomic E-state index is 12.3. The maximum atomic E-state index is 12.3. The lowest BCUT2D eigenvalue weighted by Gasteiger charge is -2.05. The second-order valence-electron chi connectivity index (χ2n) is 6.05. The minimum atomic E-state index is -0.463. The first-order chi connectivity index (χ1) is 15.2. The Balaban J connectivity index is 1.79. The molecule has 0 radical (unpaired) electrons. The highest BCUT2D eigenvalue weighted by Gasteiger charge is 2.20. The topological polar surface area (TPSA) is 118 Å². The number of hydrogen-bond acceptors (Lipinski definition) is 10. The predicted octanol–water partition coefficient (Wildman–Crippen LogP) is 5.30. The highest BCUT2D eigenvalue weighted by Crippen LogP contribution is 2.35. The van der Waals surface area contributed by atoms with Gasteiger partial charge in [-0.2, -0.15) is 0 Å². The first-order valence-electron chi connectivity index (χ1n) is 9.25. The fourth-order valence-corrected chi connectivity index (χ4v) is 4.32. The van der Waals surface area contributed by atoms with Crippen LogP contribution in [0.4, 0.5) is 10.9 Å². The van der Waals surface area contributed by atoms with E-state index in [2.05, 4.69) is 35.4 Å². The van der Waals surface area contributed by atoms with Crippen molar-refractivity contribution in [3.63, 3.8) is 0 Å². The molecule has 0 unspecified atom stereocenters. The van der Waals surface area contributed by atoms with Crippen molar-refractivity contribution in [3.05, 3.63) is 54.4 Å². The first-order valence-corrected chi connectivity index (χ1v) is 11.1. The smallest absolute Gasteiger partial charge is 0.338 e. The molecule has 0 spiro atoms. The van der Waals surface area contributed by atoms with Crippen LogP contribution in [-0.2, 0) is 4.74 Å². The number of hydrogen-bond donors (Lipinski definition) is 1. The van der Waals surface area contributed by atoms with Gasteiger partial charge in [0.25, 0.3) is 5.13 Å². The maximum Gasteiger partial charge on any atom is 0.338 e. The van der Waals surface area contributed by atoms with Crippen molar-refractivity contribution in [1.29, 1.82) is 0 Å². The molecule has 0 aliphatic rings. The van der Waals surface area contributed by atoms with E-state index >= 15 is 0 Å². The fourth-order valence-electron chi connectivity index (χ4n) is 2.76. The number of nitrogens with zero attached hydrogens (tertiary/aromatic N) is 6. The van der Waals surface area contributed by atoms with E-state index in [0.29, 0.717) is 33.6 Å². The van der Waals surface area contributed by atoms with E-state index in [1.54, 1.807) is 42.4 Å². The Morgan fingerprint density at radius 3 is 2.84 bits per heavy atom. The van der Waals surface area contributed by atoms with Crippen molar-refractivity contribution >= 4 is 40.0 Å². The third kappa shape index (κ3) is 4.67. The lowest BCUT2D eigenvalue weighted by Crippen LogP contribution is -2.03. The molecule has 31 heavy (non-hydrogen) atoms. The lowest BCUT2D eigenvalue weighted by atomic mass is 10.0. The van der Waals surface area contributed by atoms with Crippen LogP contribution in [0.5, 0.6) is 0 Å². The van der Waals surface area contributed by atoms with Crippen molar-refractivity contribution in [2.24, 2.45) is 10.2 Å². The minimum Gasteiger partial charge on any atom is -0.465 e. The number of carbonyl (C=O) groups is 1. The average molecular weight is 452 g/mol. The second-order valence-corrected chi connectivity index (χ2v) is 8.51. The van der Waals surface area contributed by atoms with Crippen LogP contribution in [0.3, 0.4) is 0 Å². The molecule has 0 atom stereocenters. The van der Waals surface area contributed by atoms with Gasteiger partial charge in [0.05, 0.1) is 12.7 Å². The summed E-state index contributed by atoms with van der Waals surface area (Å²) in [5.74, 6) is 1.37. The number of ether oxygens (including phenoxy) is 1. The van der Waals surface area contributed by atoms with Crippen LogP contribution < -0.4 is 0 Å². The van der Waals surface area contributed by atoms with Crippen molar-refractivity contribution < 1.29 is 9.53 Å². The zero-order valence-electron chi connectivity index (χ0n) is 16.6. The molecule has 0 bridgehead atoms. The molecule has 9 nitrogen and oxygen atoms in total. The van der Waals surface area contributed by atoms with Gasteiger partial charge in [0, 0.05) is 23.5 Å². The second kappa shape index (κ2) is 9.58. The molecule has 0 fully saturated rings. The third-order valence-electron chi connectivity index (χ3n) is 4.11. The molecule has 0 amide bonds. The zero-order valence-corrected chi connectivity index (χ0v) is 18.3. The Labute approximate surface area is 186 Å². The van der Waals surface area contributed by atoms with Gasteiger partial charge in [0.15, 0.2) is 10.2 Å². The summed E-state index contributed by atoms with van der Waals surface area (Å²) < 4.78 is 5.75. The highest BCUT2D eigenvalue weighted by molar-refractivity contribution is 8.01. The van der Waals surface area contributed by atoms with Crippen molar-refractivity contribution in [2.45, 2.75) is 11.3 Å². The van der Waals surface area contributed by atoms with E-state index in [1.807, 2.05) is 25.1 Å². The van der Waals surface area contributed by atoms with E-state index in [9.17, 15) is 4.79 Å². The summed E-state index contributed by atoms with van der Waals surface area (Å²) >= 11 is 2.95. The molecule has 156 valence electrons. The van der Waals surface area contributed by atoms with Crippen LogP contribution in [0.15, 0.2) is 63.4 Å². The minimum absolute atomic E-state index is 0.378. The third-order valence-corrected chi connectivity index (χ3v) is 5.93. The molecule has 1 aromatic carbocycles. The molecule has 0 aliphatic carbocycles. The number of aromatic amines is 1. The van der Waals surface area contributed by atoms with Gasteiger partial charge in [-0.3, -0.25) is 4.98 Å². The van der Waals surface area contributed by atoms with E-state index in [0.717, 1.165) is 15.7 Å². The van der Waals surface area contributed by atoms with Gasteiger partial charge in [-0.05, 0) is 24.0 Å². The van der Waals surface area contributed by atoms with Crippen LogP contribution in [0, 0.1) is 0 Å². The number of carbonyl (C=O) groups excluding carboxylic acids is 1. The Bertz CT molecular complexity index is 1220. The molecule has 11 heteroatoms. The molecule has 0 aliphatic heterocycles. The Hall–Kier alpha value is -3.44. The molecule has 0 saturated carbocycles. The summed E-state index contributed by atoms with van der Waals surface area (Å²) in [6.45, 7) is 2.04. The van der Waals surface area contributed by atoms with Crippen molar-refractivity contribution in [3.8, 4) is 22.6 Å². The highest BCUT2D eigenvalue weighted by atomic mass is 32.2. The number of methoxy groups -OCH3 is 1. The van der Waals surface area contributed by atoms with Crippen LogP contribution in [-0.4, -0.2) is 44.0 Å². The molecular weight excluding hydrogens is 434 g/mol. The number of thioether (sulfide) groups is 1. The summed E-state index contributed by atoms with van der Waals surface area (Å²) in [6.07, 6.45) is 3.37. The van der Waals surface area contributed by atoms with Gasteiger partial charge >= 0.3 is 5.97 Å². The van der Waals surface area contributed by atoms with Crippen LogP contribution in [0.2, 0.25) is 0 Å². The SMILES string of the molecule is CCSc1nnc(/N=N/c2[nH]c(-c3cccnc3)nc2-c2ccccc2C(=O)OC)s1. The van der Waals surface area contributed by atoms with Gasteiger partial charge in [-0.1, -0.05) is 48.2 Å². The molecular formula is C20H17N7O2S2. The summed E-state index contributed by atoms with van der Waals surface area (Å²) in [7, 11) is 1.34. The van der Waals surface area contributed by atoms with Crippen LogP contribution in [0.1, 0.15) is 17.3 Å². The van der Waals surface area contributed by atoms with E-state index in [1.165, 1.54) is 18.4 Å². The van der Waals surface area contributed by atoms with Crippen LogP contribution >= 0.6 is 23.1 Å². The number of aromatic nitrogens is 5. The van der Waals surface area contributed by atoms with Gasteiger partial charge in [0.2, 0.25) is 0 Å². The molecule has 0 saturated heterocycles. The number of azo groups is 1. The Morgan fingerprint density at radius 2 is 2.06 bits per heavy atom. The van der Waals surface area contributed by atoms with Gasteiger partial charge in [-0.15, -0.1) is 20.4 Å². The number of esters is 1.